The number of Topliss-reactive ketones (excluding diaryl/α,β-unsaturated/α-hetero) is 1. The highest BCUT2D eigenvalue weighted by Gasteiger charge is 2.45. The van der Waals surface area contributed by atoms with E-state index in [0.717, 1.165) is 4.31 Å². The Morgan fingerprint density at radius 2 is 1.70 bits per heavy atom. The topological polar surface area (TPSA) is 104 Å². The molecular formula is C23H25ClN2O6S. The number of methoxy groups -OCH3 is 1. The lowest BCUT2D eigenvalue weighted by atomic mass is 9.95. The number of ether oxygens (including phenoxy) is 1. The summed E-state index contributed by atoms with van der Waals surface area (Å²) in [5, 5.41) is 11.5. The maximum absolute atomic E-state index is 13.0. The van der Waals surface area contributed by atoms with Crippen molar-refractivity contribution in [2.24, 2.45) is 0 Å². The number of ketones is 1. The predicted octanol–water partition coefficient (Wildman–Crippen LogP) is 3.05. The van der Waals surface area contributed by atoms with Gasteiger partial charge < -0.3 is 14.7 Å². The smallest absolute Gasteiger partial charge is 0.295 e. The minimum absolute atomic E-state index is 0.0401. The summed E-state index contributed by atoms with van der Waals surface area (Å²) in [6.45, 7) is 0.653. The molecule has 0 radical (unpaired) electrons. The molecule has 1 saturated heterocycles. The lowest BCUT2D eigenvalue weighted by Crippen LogP contribution is -2.31. The number of hydrogen-bond donors (Lipinski definition) is 1. The maximum Gasteiger partial charge on any atom is 0.295 e. The Kier molecular flexibility index (Phi) is 7.58. The number of hydrogen-bond acceptors (Lipinski definition) is 6. The molecule has 1 fully saturated rings. The molecule has 0 saturated carbocycles. The number of rotatable bonds is 8. The molecular weight excluding hydrogens is 468 g/mol. The minimum atomic E-state index is -3.66. The molecule has 1 heterocycles. The number of aliphatic hydroxyl groups is 1. The van der Waals surface area contributed by atoms with Crippen LogP contribution in [0.4, 0.5) is 0 Å². The van der Waals surface area contributed by atoms with Crippen LogP contribution in [-0.2, 0) is 24.3 Å². The molecule has 2 aromatic rings. The fourth-order valence-corrected chi connectivity index (χ4v) is 4.66. The van der Waals surface area contributed by atoms with Gasteiger partial charge in [0.1, 0.15) is 5.76 Å². The molecule has 1 amide bonds. The third-order valence-corrected chi connectivity index (χ3v) is 7.46. The van der Waals surface area contributed by atoms with Crippen molar-refractivity contribution in [2.45, 2.75) is 17.4 Å². The van der Waals surface area contributed by atoms with Gasteiger partial charge in [-0.3, -0.25) is 9.59 Å². The lowest BCUT2D eigenvalue weighted by molar-refractivity contribution is -0.140. The normalized spacial score (nSPS) is 18.3. The molecule has 0 aliphatic carbocycles. The highest BCUT2D eigenvalue weighted by atomic mass is 35.5. The van der Waals surface area contributed by atoms with Crippen molar-refractivity contribution in [3.05, 3.63) is 70.3 Å². The summed E-state index contributed by atoms with van der Waals surface area (Å²) in [7, 11) is 0.725. The van der Waals surface area contributed by atoms with Crippen molar-refractivity contribution in [1.82, 2.24) is 9.21 Å². The van der Waals surface area contributed by atoms with Crippen LogP contribution in [0.5, 0.6) is 0 Å². The van der Waals surface area contributed by atoms with Gasteiger partial charge in [0.25, 0.3) is 11.7 Å². The summed E-state index contributed by atoms with van der Waals surface area (Å²) in [5.74, 6) is -1.91. The van der Waals surface area contributed by atoms with Crippen molar-refractivity contribution in [2.75, 3.05) is 34.4 Å². The summed E-state index contributed by atoms with van der Waals surface area (Å²) in [6, 6.07) is 11.4. The van der Waals surface area contributed by atoms with E-state index in [-0.39, 0.29) is 28.3 Å². The van der Waals surface area contributed by atoms with Crippen LogP contribution in [0.2, 0.25) is 5.02 Å². The van der Waals surface area contributed by atoms with Crippen LogP contribution in [0.1, 0.15) is 23.6 Å². The molecule has 8 nitrogen and oxygen atoms in total. The molecule has 1 N–H and O–H groups in total. The van der Waals surface area contributed by atoms with Gasteiger partial charge in [-0.2, -0.15) is 0 Å². The van der Waals surface area contributed by atoms with Gasteiger partial charge >= 0.3 is 0 Å². The first-order valence-electron chi connectivity index (χ1n) is 10.2. The molecule has 1 aliphatic heterocycles. The summed E-state index contributed by atoms with van der Waals surface area (Å²) >= 11 is 6.01. The number of amides is 1. The standard InChI is InChI=1S/C23H25ClN2O6S/c1-25(2)33(30,31)18-11-7-16(8-12-18)21(27)19-20(15-5-9-17(24)10-6-15)26(13-4-14-32-3)23(29)22(19)28/h5-12,20,27H,4,13-14H2,1-3H3/t20-/m1/s1. The van der Waals surface area contributed by atoms with Crippen molar-refractivity contribution in [1.29, 1.82) is 0 Å². The molecule has 0 spiro atoms. The zero-order chi connectivity index (χ0) is 24.3. The number of carbonyl (C=O) groups excluding carboxylic acids is 2. The van der Waals surface area contributed by atoms with E-state index < -0.39 is 27.8 Å². The molecule has 0 aromatic heterocycles. The van der Waals surface area contributed by atoms with Gasteiger partial charge in [-0.25, -0.2) is 12.7 Å². The first-order chi connectivity index (χ1) is 15.6. The number of benzene rings is 2. The van der Waals surface area contributed by atoms with E-state index in [1.165, 1.54) is 43.3 Å². The van der Waals surface area contributed by atoms with E-state index in [9.17, 15) is 23.1 Å². The number of halogens is 1. The first-order valence-corrected chi connectivity index (χ1v) is 12.0. The summed E-state index contributed by atoms with van der Waals surface area (Å²) in [5.41, 5.74) is 0.772. The molecule has 1 aliphatic rings. The molecule has 176 valence electrons. The van der Waals surface area contributed by atoms with Gasteiger partial charge in [-0.1, -0.05) is 23.7 Å². The van der Waals surface area contributed by atoms with Crippen LogP contribution in [0.3, 0.4) is 0 Å². The van der Waals surface area contributed by atoms with E-state index in [1.54, 1.807) is 31.4 Å². The van der Waals surface area contributed by atoms with E-state index in [1.807, 2.05) is 0 Å². The molecule has 0 unspecified atom stereocenters. The first kappa shape index (κ1) is 24.9. The van der Waals surface area contributed by atoms with Crippen LogP contribution in [0, 0.1) is 0 Å². The fraction of sp³-hybridized carbons (Fsp3) is 0.304. The summed E-state index contributed by atoms with van der Waals surface area (Å²) in [6.07, 6.45) is 0.505. The number of nitrogens with zero attached hydrogens (tertiary/aromatic N) is 2. The third-order valence-electron chi connectivity index (χ3n) is 5.38. The highest BCUT2D eigenvalue weighted by Crippen LogP contribution is 2.39. The summed E-state index contributed by atoms with van der Waals surface area (Å²) < 4.78 is 30.8. The second-order valence-electron chi connectivity index (χ2n) is 7.70. The Bertz CT molecular complexity index is 1170. The average Bonchev–Trinajstić information content (AvgIpc) is 3.04. The van der Waals surface area contributed by atoms with Crippen LogP contribution < -0.4 is 0 Å². The maximum atomic E-state index is 13.0. The van der Waals surface area contributed by atoms with E-state index in [4.69, 9.17) is 16.3 Å². The van der Waals surface area contributed by atoms with Crippen LogP contribution in [-0.4, -0.2) is 68.8 Å². The Hall–Kier alpha value is -2.72. The second kappa shape index (κ2) is 10.0. The Morgan fingerprint density at radius 3 is 2.24 bits per heavy atom. The van der Waals surface area contributed by atoms with Crippen molar-refractivity contribution in [3.8, 4) is 0 Å². The lowest BCUT2D eigenvalue weighted by Gasteiger charge is -2.25. The Morgan fingerprint density at radius 1 is 1.09 bits per heavy atom. The number of carbonyl (C=O) groups is 2. The zero-order valence-electron chi connectivity index (χ0n) is 18.5. The van der Waals surface area contributed by atoms with Gasteiger partial charge in [0, 0.05) is 44.9 Å². The van der Waals surface area contributed by atoms with E-state index in [2.05, 4.69) is 0 Å². The zero-order valence-corrected chi connectivity index (χ0v) is 20.1. The molecule has 3 rings (SSSR count). The van der Waals surface area contributed by atoms with E-state index >= 15 is 0 Å². The molecule has 0 bridgehead atoms. The van der Waals surface area contributed by atoms with Gasteiger partial charge in [-0.05, 0) is 48.4 Å². The Balaban J connectivity index is 2.09. The van der Waals surface area contributed by atoms with Gasteiger partial charge in [0.05, 0.1) is 16.5 Å². The largest absolute Gasteiger partial charge is 0.507 e. The van der Waals surface area contributed by atoms with Crippen molar-refractivity contribution >= 4 is 39.1 Å². The quantitative estimate of drug-likeness (QED) is 0.263. The fourth-order valence-electron chi connectivity index (χ4n) is 3.63. The third kappa shape index (κ3) is 4.96. The summed E-state index contributed by atoms with van der Waals surface area (Å²) in [4.78, 5) is 27.2. The van der Waals surface area contributed by atoms with Crippen LogP contribution >= 0.6 is 11.6 Å². The molecule has 2 aromatic carbocycles. The predicted molar refractivity (Wildman–Crippen MR) is 124 cm³/mol. The SMILES string of the molecule is COCCCN1C(=O)C(=O)C(=C(O)c2ccc(S(=O)(=O)N(C)C)cc2)[C@H]1c1ccc(Cl)cc1. The van der Waals surface area contributed by atoms with Crippen LogP contribution in [0.25, 0.3) is 5.76 Å². The second-order valence-corrected chi connectivity index (χ2v) is 10.3. The molecule has 1 atom stereocenters. The highest BCUT2D eigenvalue weighted by molar-refractivity contribution is 7.89. The van der Waals surface area contributed by atoms with Crippen LogP contribution in [0.15, 0.2) is 59.0 Å². The van der Waals surface area contributed by atoms with E-state index in [0.29, 0.717) is 23.6 Å². The van der Waals surface area contributed by atoms with Crippen molar-refractivity contribution < 1.29 is 27.9 Å². The van der Waals surface area contributed by atoms with Gasteiger partial charge in [0.15, 0.2) is 0 Å². The Labute approximate surface area is 198 Å². The number of likely N-dealkylation sites (tertiary alicyclic amines) is 1. The van der Waals surface area contributed by atoms with Gasteiger partial charge in [0.2, 0.25) is 10.0 Å². The van der Waals surface area contributed by atoms with Crippen molar-refractivity contribution in [3.63, 3.8) is 0 Å². The number of aliphatic hydroxyl groups excluding tert-OH is 1. The average molecular weight is 493 g/mol. The monoisotopic (exact) mass is 492 g/mol. The minimum Gasteiger partial charge on any atom is -0.507 e. The molecule has 33 heavy (non-hydrogen) atoms. The van der Waals surface area contributed by atoms with Gasteiger partial charge in [-0.15, -0.1) is 0 Å². The molecule has 10 heteroatoms. The number of sulfonamides is 1.